The van der Waals surface area contributed by atoms with Gasteiger partial charge >= 0.3 is 0 Å². The Morgan fingerprint density at radius 2 is 1.46 bits per heavy atom. The molecule has 150 valence electrons. The van der Waals surface area contributed by atoms with E-state index in [0.717, 1.165) is 37.7 Å². The molecule has 28 heavy (non-hydrogen) atoms. The van der Waals surface area contributed by atoms with E-state index < -0.39 is 30.4 Å². The lowest BCUT2D eigenvalue weighted by atomic mass is 10.0. The number of unbranched alkanes of at least 4 members (excludes halogenated alkanes) is 2. The van der Waals surface area contributed by atoms with Crippen LogP contribution in [0.4, 0.5) is 0 Å². The molecule has 2 aromatic carbocycles. The summed E-state index contributed by atoms with van der Waals surface area (Å²) < 4.78 is 0. The Labute approximate surface area is 166 Å². The van der Waals surface area contributed by atoms with Gasteiger partial charge in [-0.25, -0.2) is 0 Å². The van der Waals surface area contributed by atoms with Crippen molar-refractivity contribution in [3.8, 4) is 0 Å². The van der Waals surface area contributed by atoms with Gasteiger partial charge in [-0.3, -0.25) is 9.59 Å². The van der Waals surface area contributed by atoms with Gasteiger partial charge in [-0.1, -0.05) is 48.9 Å². The number of hydrogen-bond acceptors (Lipinski definition) is 4. The van der Waals surface area contributed by atoms with Gasteiger partial charge < -0.3 is 15.5 Å². The minimum absolute atomic E-state index is 0.421. The molecule has 0 saturated heterocycles. The third kappa shape index (κ3) is 6.91. The molecule has 5 nitrogen and oxygen atoms in total. The first kappa shape index (κ1) is 21.8. The fourth-order valence-electron chi connectivity index (χ4n) is 3.10. The number of benzene rings is 2. The molecule has 0 heterocycles. The topological polar surface area (TPSA) is 86.6 Å². The molecule has 0 aromatic heterocycles. The average Bonchev–Trinajstić information content (AvgIpc) is 2.72. The smallest absolute Gasteiger partial charge is 0.251 e. The van der Waals surface area contributed by atoms with Crippen molar-refractivity contribution in [1.82, 2.24) is 5.32 Å². The van der Waals surface area contributed by atoms with Crippen molar-refractivity contribution in [2.75, 3.05) is 6.61 Å². The summed E-state index contributed by atoms with van der Waals surface area (Å²) in [6.07, 6.45) is 4.37. The Morgan fingerprint density at radius 3 is 2.00 bits per heavy atom. The van der Waals surface area contributed by atoms with Crippen LogP contribution in [0.1, 0.15) is 47.7 Å². The van der Waals surface area contributed by atoms with Gasteiger partial charge in [-0.15, -0.1) is 0 Å². The molecule has 0 aliphatic heterocycles. The second kappa shape index (κ2) is 11.4. The minimum atomic E-state index is -1.11. The lowest BCUT2D eigenvalue weighted by Crippen LogP contribution is -2.48. The normalized spacial score (nSPS) is 13.0. The molecule has 0 radical (unpaired) electrons. The van der Waals surface area contributed by atoms with Crippen molar-refractivity contribution in [2.45, 2.75) is 51.2 Å². The van der Waals surface area contributed by atoms with Crippen molar-refractivity contribution >= 4 is 11.7 Å². The van der Waals surface area contributed by atoms with Crippen LogP contribution in [0, 0.1) is 0 Å². The average molecular weight is 383 g/mol. The van der Waals surface area contributed by atoms with E-state index >= 15 is 0 Å². The number of rotatable bonds is 11. The Bertz CT molecular complexity index is 741. The van der Waals surface area contributed by atoms with Crippen LogP contribution in [-0.2, 0) is 17.6 Å². The van der Waals surface area contributed by atoms with Crippen LogP contribution in [0.15, 0.2) is 54.6 Å². The zero-order valence-electron chi connectivity index (χ0n) is 16.3. The maximum atomic E-state index is 12.3. The molecule has 2 rings (SSSR count). The number of aryl methyl sites for hydroxylation is 2. The molecule has 5 heteroatoms. The Balaban J connectivity index is 1.77. The van der Waals surface area contributed by atoms with E-state index in [1.807, 2.05) is 18.2 Å². The van der Waals surface area contributed by atoms with Gasteiger partial charge in [0.2, 0.25) is 0 Å². The van der Waals surface area contributed by atoms with E-state index in [2.05, 4.69) is 29.6 Å². The number of Topliss-reactive ketones (excluding diaryl/α,β-unsaturated/α-hetero) is 1. The van der Waals surface area contributed by atoms with Crippen molar-refractivity contribution in [1.29, 1.82) is 0 Å². The standard InChI is InChI=1S/C23H29NO4/c1-17(26)22(21(27)16-25)24-23(28)20-14-12-19(13-15-20)11-7-3-6-10-18-8-4-2-5-9-18/h2,4-5,8-9,12-15,17,22,25-26H,3,6-7,10-11,16H2,1H3,(H,24,28)/t17-,22+/m1/s1. The van der Waals surface area contributed by atoms with Crippen LogP contribution in [-0.4, -0.2) is 40.7 Å². The molecule has 0 unspecified atom stereocenters. The number of hydrogen-bond donors (Lipinski definition) is 3. The van der Waals surface area contributed by atoms with Gasteiger partial charge in [0.25, 0.3) is 5.91 Å². The van der Waals surface area contributed by atoms with E-state index in [1.54, 1.807) is 12.1 Å². The van der Waals surface area contributed by atoms with Crippen molar-refractivity contribution in [3.63, 3.8) is 0 Å². The van der Waals surface area contributed by atoms with Gasteiger partial charge in [-0.05, 0) is 55.9 Å². The molecule has 2 atom stereocenters. The summed E-state index contributed by atoms with van der Waals surface area (Å²) in [5.41, 5.74) is 2.95. The minimum Gasteiger partial charge on any atom is -0.391 e. The number of nitrogens with one attached hydrogen (secondary N) is 1. The van der Waals surface area contributed by atoms with Crippen LogP contribution in [0.2, 0.25) is 0 Å². The zero-order valence-corrected chi connectivity index (χ0v) is 16.3. The first-order valence-corrected chi connectivity index (χ1v) is 9.76. The van der Waals surface area contributed by atoms with E-state index in [-0.39, 0.29) is 0 Å². The third-order valence-electron chi connectivity index (χ3n) is 4.76. The zero-order chi connectivity index (χ0) is 20.4. The second-order valence-electron chi connectivity index (χ2n) is 7.06. The number of aliphatic hydroxyl groups excluding tert-OH is 2. The molecule has 0 saturated carbocycles. The first-order chi connectivity index (χ1) is 13.5. The summed E-state index contributed by atoms with van der Waals surface area (Å²) in [7, 11) is 0. The quantitative estimate of drug-likeness (QED) is 0.521. The highest BCUT2D eigenvalue weighted by atomic mass is 16.3. The first-order valence-electron chi connectivity index (χ1n) is 9.76. The lowest BCUT2D eigenvalue weighted by molar-refractivity contribution is -0.125. The van der Waals surface area contributed by atoms with Crippen molar-refractivity contribution in [3.05, 3.63) is 71.3 Å². The van der Waals surface area contributed by atoms with Crippen molar-refractivity contribution < 1.29 is 19.8 Å². The number of aliphatic hydroxyl groups is 2. The SMILES string of the molecule is C[C@@H](O)[C@H](NC(=O)c1ccc(CCCCCc2ccccc2)cc1)C(=O)CO. The van der Waals surface area contributed by atoms with Gasteiger partial charge in [-0.2, -0.15) is 0 Å². The molecular weight excluding hydrogens is 354 g/mol. The van der Waals surface area contributed by atoms with Gasteiger partial charge in [0.05, 0.1) is 6.10 Å². The lowest BCUT2D eigenvalue weighted by Gasteiger charge is -2.19. The molecule has 1 amide bonds. The van der Waals surface area contributed by atoms with Crippen LogP contribution < -0.4 is 5.32 Å². The van der Waals surface area contributed by atoms with Gasteiger partial charge in [0, 0.05) is 5.56 Å². The van der Waals surface area contributed by atoms with E-state index in [1.165, 1.54) is 12.5 Å². The molecule has 0 aliphatic carbocycles. The molecule has 0 aliphatic rings. The van der Waals surface area contributed by atoms with Crippen molar-refractivity contribution in [2.24, 2.45) is 0 Å². The second-order valence-corrected chi connectivity index (χ2v) is 7.06. The predicted octanol–water partition coefficient (Wildman–Crippen LogP) is 2.68. The number of carbonyl (C=O) groups is 2. The molecule has 0 bridgehead atoms. The van der Waals surface area contributed by atoms with E-state index in [9.17, 15) is 14.7 Å². The third-order valence-corrected chi connectivity index (χ3v) is 4.76. The number of amides is 1. The van der Waals surface area contributed by atoms with Gasteiger partial charge in [0.15, 0.2) is 5.78 Å². The Morgan fingerprint density at radius 1 is 0.893 bits per heavy atom. The molecule has 0 spiro atoms. The Hall–Kier alpha value is -2.50. The molecule has 3 N–H and O–H groups in total. The summed E-state index contributed by atoms with van der Waals surface area (Å²) >= 11 is 0. The largest absolute Gasteiger partial charge is 0.391 e. The highest BCUT2D eigenvalue weighted by molar-refractivity contribution is 5.98. The summed E-state index contributed by atoms with van der Waals surface area (Å²) in [4.78, 5) is 23.9. The fraction of sp³-hybridized carbons (Fsp3) is 0.391. The van der Waals surface area contributed by atoms with E-state index in [4.69, 9.17) is 5.11 Å². The molecule has 2 aromatic rings. The number of carbonyl (C=O) groups excluding carboxylic acids is 2. The maximum Gasteiger partial charge on any atom is 0.251 e. The maximum absolute atomic E-state index is 12.3. The fourth-order valence-corrected chi connectivity index (χ4v) is 3.10. The van der Waals surface area contributed by atoms with Crippen LogP contribution >= 0.6 is 0 Å². The summed E-state index contributed by atoms with van der Waals surface area (Å²) in [5.74, 6) is -1.06. The summed E-state index contributed by atoms with van der Waals surface area (Å²) in [6.45, 7) is 0.679. The van der Waals surface area contributed by atoms with Crippen LogP contribution in [0.5, 0.6) is 0 Å². The molecule has 0 fully saturated rings. The highest BCUT2D eigenvalue weighted by Crippen LogP contribution is 2.12. The highest BCUT2D eigenvalue weighted by Gasteiger charge is 2.25. The predicted molar refractivity (Wildman–Crippen MR) is 109 cm³/mol. The summed E-state index contributed by atoms with van der Waals surface area (Å²) in [6, 6.07) is 16.6. The van der Waals surface area contributed by atoms with Crippen LogP contribution in [0.3, 0.4) is 0 Å². The van der Waals surface area contributed by atoms with Crippen LogP contribution in [0.25, 0.3) is 0 Å². The summed E-state index contributed by atoms with van der Waals surface area (Å²) in [5, 5.41) is 21.0. The van der Waals surface area contributed by atoms with E-state index in [0.29, 0.717) is 5.56 Å². The molecular formula is C23H29NO4. The monoisotopic (exact) mass is 383 g/mol. The van der Waals surface area contributed by atoms with Gasteiger partial charge in [0.1, 0.15) is 12.6 Å². The number of ketones is 1. The Kier molecular flexibility index (Phi) is 8.85.